The van der Waals surface area contributed by atoms with Gasteiger partial charge in [0, 0.05) is 12.8 Å². The predicted octanol–water partition coefficient (Wildman–Crippen LogP) is 27.1. The van der Waals surface area contributed by atoms with Crippen molar-refractivity contribution in [2.24, 2.45) is 0 Å². The molecule has 0 bridgehead atoms. The zero-order valence-electron chi connectivity index (χ0n) is 60.3. The largest absolute Gasteiger partial charge is 0.466 e. The molecule has 0 aliphatic rings. The first-order valence-corrected chi connectivity index (χ1v) is 41.0. The molecule has 524 valence electrons. The number of unbranched alkanes of at least 4 members (excludes halogenated alkanes) is 67. The molecule has 3 N–H and O–H groups in total. The molecular weight excluding hydrogens is 1080 g/mol. The van der Waals surface area contributed by atoms with E-state index in [1.54, 1.807) is 6.08 Å². The summed E-state index contributed by atoms with van der Waals surface area (Å²) in [6.45, 7) is 4.97. The first-order chi connectivity index (χ1) is 43.5. The van der Waals surface area contributed by atoms with E-state index in [0.29, 0.717) is 19.4 Å². The molecule has 0 saturated heterocycles. The van der Waals surface area contributed by atoms with Gasteiger partial charge in [0.2, 0.25) is 5.91 Å². The molecule has 0 aromatic heterocycles. The molecule has 0 rings (SSSR count). The third-order valence-corrected chi connectivity index (χ3v) is 19.6. The van der Waals surface area contributed by atoms with Gasteiger partial charge in [-0.25, -0.2) is 0 Å². The van der Waals surface area contributed by atoms with E-state index in [0.717, 1.165) is 38.5 Å². The van der Waals surface area contributed by atoms with Gasteiger partial charge < -0.3 is 20.3 Å². The van der Waals surface area contributed by atoms with E-state index in [9.17, 15) is 19.8 Å². The SMILES string of the molecule is CCCCCCCCCCCCCCCCCCCC/C=C/C(O)C(CO)NC(=O)CCCCCCCCCCCCCCCCCCCCCCCCCCCCCCCCCCCCCCCOC(=O)CCCCCCCCCCCCCCCC. The van der Waals surface area contributed by atoms with Crippen LogP contribution in [0, 0.1) is 0 Å². The zero-order chi connectivity index (χ0) is 63.5. The summed E-state index contributed by atoms with van der Waals surface area (Å²) >= 11 is 0. The average molecular weight is 1240 g/mol. The van der Waals surface area contributed by atoms with Crippen LogP contribution in [0.2, 0.25) is 0 Å². The molecule has 2 unspecified atom stereocenters. The Kier molecular flexibility index (Phi) is 76.8. The van der Waals surface area contributed by atoms with Gasteiger partial charge in [-0.2, -0.15) is 0 Å². The molecular formula is C82H161NO5. The molecule has 0 aliphatic heterocycles. The van der Waals surface area contributed by atoms with Crippen LogP contribution in [0.25, 0.3) is 0 Å². The standard InChI is InChI=1S/C82H161NO5/c1-3-5-7-9-11-13-15-17-19-20-21-41-44-47-50-54-58-62-66-70-74-80(85)79(78-84)83-81(86)75-71-67-63-59-55-51-48-45-42-39-37-35-33-31-29-27-25-23-22-24-26-28-30-32-34-36-38-40-43-46-49-53-57-61-65-69-73-77-88-82(87)76-72-68-64-60-56-52-18-16-14-12-10-8-6-4-2/h70,74,79-80,84-85H,3-69,71-73,75-78H2,1-2H3,(H,83,86)/b74-70+. The predicted molar refractivity (Wildman–Crippen MR) is 389 cm³/mol. The number of esters is 1. The van der Waals surface area contributed by atoms with Crippen LogP contribution in [0.4, 0.5) is 0 Å². The Balaban J connectivity index is 3.31. The fourth-order valence-corrected chi connectivity index (χ4v) is 13.3. The normalized spacial score (nSPS) is 12.5. The van der Waals surface area contributed by atoms with Crippen molar-refractivity contribution in [1.29, 1.82) is 0 Å². The molecule has 0 spiro atoms. The number of carbonyl (C=O) groups excluding carboxylic acids is 2. The van der Waals surface area contributed by atoms with E-state index in [-0.39, 0.29) is 18.5 Å². The van der Waals surface area contributed by atoms with Gasteiger partial charge in [0.15, 0.2) is 0 Å². The summed E-state index contributed by atoms with van der Waals surface area (Å²) in [4.78, 5) is 24.6. The molecule has 0 heterocycles. The van der Waals surface area contributed by atoms with E-state index in [1.807, 2.05) is 6.08 Å². The molecule has 0 aromatic carbocycles. The van der Waals surface area contributed by atoms with Crippen LogP contribution in [0.3, 0.4) is 0 Å². The molecule has 0 fully saturated rings. The van der Waals surface area contributed by atoms with Gasteiger partial charge in [-0.3, -0.25) is 9.59 Å². The summed E-state index contributed by atoms with van der Waals surface area (Å²) in [7, 11) is 0. The number of ether oxygens (including phenoxy) is 1. The van der Waals surface area contributed by atoms with Gasteiger partial charge in [0.05, 0.1) is 25.4 Å². The lowest BCUT2D eigenvalue weighted by Crippen LogP contribution is -2.45. The quantitative estimate of drug-likeness (QED) is 0.0320. The van der Waals surface area contributed by atoms with Gasteiger partial charge in [-0.05, 0) is 32.1 Å². The summed E-state index contributed by atoms with van der Waals surface area (Å²) in [5, 5.41) is 23.3. The number of aliphatic hydroxyl groups is 2. The number of carbonyl (C=O) groups is 2. The number of hydrogen-bond donors (Lipinski definition) is 3. The lowest BCUT2D eigenvalue weighted by atomic mass is 10.0. The number of rotatable bonds is 78. The monoisotopic (exact) mass is 1240 g/mol. The van der Waals surface area contributed by atoms with Crippen molar-refractivity contribution in [2.45, 2.75) is 488 Å². The van der Waals surface area contributed by atoms with Gasteiger partial charge in [0.1, 0.15) is 0 Å². The Morgan fingerprint density at radius 2 is 0.523 bits per heavy atom. The summed E-state index contributed by atoms with van der Waals surface area (Å²) < 4.78 is 5.50. The topological polar surface area (TPSA) is 95.9 Å². The average Bonchev–Trinajstić information content (AvgIpc) is 3.58. The second-order valence-corrected chi connectivity index (χ2v) is 28.5. The fourth-order valence-electron chi connectivity index (χ4n) is 13.3. The summed E-state index contributed by atoms with van der Waals surface area (Å²) in [5.74, 6) is -0.0304. The highest BCUT2D eigenvalue weighted by atomic mass is 16.5. The molecule has 0 aliphatic carbocycles. The van der Waals surface area contributed by atoms with Crippen LogP contribution in [0.1, 0.15) is 476 Å². The van der Waals surface area contributed by atoms with Crippen LogP contribution in [-0.4, -0.2) is 47.4 Å². The van der Waals surface area contributed by atoms with Gasteiger partial charge >= 0.3 is 5.97 Å². The van der Waals surface area contributed by atoms with E-state index >= 15 is 0 Å². The highest BCUT2D eigenvalue weighted by Gasteiger charge is 2.18. The second kappa shape index (κ2) is 78.0. The summed E-state index contributed by atoms with van der Waals surface area (Å²) in [5.41, 5.74) is 0. The van der Waals surface area contributed by atoms with E-state index in [4.69, 9.17) is 4.74 Å². The maximum Gasteiger partial charge on any atom is 0.305 e. The van der Waals surface area contributed by atoms with Crippen LogP contribution in [-0.2, 0) is 14.3 Å². The van der Waals surface area contributed by atoms with E-state index in [1.165, 1.54) is 411 Å². The first-order valence-electron chi connectivity index (χ1n) is 41.0. The van der Waals surface area contributed by atoms with Crippen molar-refractivity contribution in [3.05, 3.63) is 12.2 Å². The Morgan fingerprint density at radius 3 is 0.773 bits per heavy atom. The molecule has 0 saturated carbocycles. The number of amides is 1. The van der Waals surface area contributed by atoms with Crippen LogP contribution >= 0.6 is 0 Å². The number of allylic oxidation sites excluding steroid dienone is 1. The maximum atomic E-state index is 12.5. The van der Waals surface area contributed by atoms with Crippen LogP contribution in [0.15, 0.2) is 12.2 Å². The van der Waals surface area contributed by atoms with E-state index < -0.39 is 12.1 Å². The summed E-state index contributed by atoms with van der Waals surface area (Å²) in [6.07, 6.45) is 99.3. The van der Waals surface area contributed by atoms with Crippen molar-refractivity contribution in [3.8, 4) is 0 Å². The Bertz CT molecular complexity index is 1340. The molecule has 6 nitrogen and oxygen atoms in total. The minimum absolute atomic E-state index is 0.0267. The van der Waals surface area contributed by atoms with Gasteiger partial charge in [-0.15, -0.1) is 0 Å². The molecule has 1 amide bonds. The minimum Gasteiger partial charge on any atom is -0.466 e. The first kappa shape index (κ1) is 86.6. The maximum absolute atomic E-state index is 12.5. The Labute approximate surface area is 552 Å². The van der Waals surface area contributed by atoms with E-state index in [2.05, 4.69) is 19.2 Å². The minimum atomic E-state index is -0.841. The van der Waals surface area contributed by atoms with Crippen molar-refractivity contribution < 1.29 is 24.5 Å². The molecule has 0 aromatic rings. The lowest BCUT2D eigenvalue weighted by molar-refractivity contribution is -0.143. The highest BCUT2D eigenvalue weighted by Crippen LogP contribution is 2.21. The molecule has 0 radical (unpaired) electrons. The van der Waals surface area contributed by atoms with Gasteiger partial charge in [-0.1, -0.05) is 443 Å². The third-order valence-electron chi connectivity index (χ3n) is 19.6. The highest BCUT2D eigenvalue weighted by molar-refractivity contribution is 5.76. The number of hydrogen-bond acceptors (Lipinski definition) is 5. The molecule has 2 atom stereocenters. The smallest absolute Gasteiger partial charge is 0.305 e. The van der Waals surface area contributed by atoms with Crippen LogP contribution < -0.4 is 5.32 Å². The van der Waals surface area contributed by atoms with Crippen LogP contribution in [0.5, 0.6) is 0 Å². The van der Waals surface area contributed by atoms with Gasteiger partial charge in [0.25, 0.3) is 0 Å². The third kappa shape index (κ3) is 73.6. The number of nitrogens with one attached hydrogen (secondary N) is 1. The number of aliphatic hydroxyl groups excluding tert-OH is 2. The summed E-state index contributed by atoms with van der Waals surface area (Å²) in [6, 6.07) is -0.624. The second-order valence-electron chi connectivity index (χ2n) is 28.5. The lowest BCUT2D eigenvalue weighted by Gasteiger charge is -2.20. The fraction of sp³-hybridized carbons (Fsp3) is 0.951. The Hall–Kier alpha value is -1.40. The Morgan fingerprint density at radius 1 is 0.307 bits per heavy atom. The zero-order valence-corrected chi connectivity index (χ0v) is 60.3. The molecule has 6 heteroatoms. The molecule has 88 heavy (non-hydrogen) atoms. The van der Waals surface area contributed by atoms with Crippen molar-refractivity contribution >= 4 is 11.9 Å². The van der Waals surface area contributed by atoms with Crippen molar-refractivity contribution in [1.82, 2.24) is 5.32 Å². The van der Waals surface area contributed by atoms with Crippen molar-refractivity contribution in [2.75, 3.05) is 13.2 Å². The van der Waals surface area contributed by atoms with Crippen molar-refractivity contribution in [3.63, 3.8) is 0 Å².